The van der Waals surface area contributed by atoms with Crippen LogP contribution in [0.1, 0.15) is 29.3 Å². The van der Waals surface area contributed by atoms with Crippen LogP contribution in [-0.4, -0.2) is 47.6 Å². The first-order chi connectivity index (χ1) is 16.3. The predicted octanol–water partition coefficient (Wildman–Crippen LogP) is 4.44. The molecular weight excluding hydrogens is 469 g/mol. The van der Waals surface area contributed by atoms with Crippen molar-refractivity contribution in [2.45, 2.75) is 31.5 Å². The molecule has 2 N–H and O–H groups in total. The van der Waals surface area contributed by atoms with E-state index < -0.39 is 6.36 Å². The molecule has 0 aliphatic carbocycles. The van der Waals surface area contributed by atoms with E-state index >= 15 is 0 Å². The summed E-state index contributed by atoms with van der Waals surface area (Å²) >= 11 is 1.56. The summed E-state index contributed by atoms with van der Waals surface area (Å²) in [5, 5.41) is 15.9. The van der Waals surface area contributed by atoms with Crippen molar-refractivity contribution < 1.29 is 22.7 Å². The molecule has 1 aliphatic rings. The zero-order chi connectivity index (χ0) is 24.1. The lowest BCUT2D eigenvalue weighted by Crippen LogP contribution is -2.34. The molecule has 1 fully saturated rings. The molecule has 0 bridgehead atoms. The highest BCUT2D eigenvalue weighted by Crippen LogP contribution is 2.32. The van der Waals surface area contributed by atoms with Crippen molar-refractivity contribution in [1.29, 1.82) is 0 Å². The van der Waals surface area contributed by atoms with Crippen molar-refractivity contribution in [1.82, 2.24) is 15.2 Å². The van der Waals surface area contributed by atoms with E-state index in [2.05, 4.69) is 35.5 Å². The van der Waals surface area contributed by atoms with Crippen LogP contribution < -0.4 is 20.3 Å². The highest BCUT2D eigenvalue weighted by Gasteiger charge is 2.31. The van der Waals surface area contributed by atoms with Gasteiger partial charge in [0.2, 0.25) is 11.0 Å². The van der Waals surface area contributed by atoms with Gasteiger partial charge in [0.05, 0.1) is 18.3 Å². The second kappa shape index (κ2) is 10.2. The summed E-state index contributed by atoms with van der Waals surface area (Å²) in [4.78, 5) is 18.9. The molecule has 1 atom stereocenters. The molecule has 3 heterocycles. The van der Waals surface area contributed by atoms with E-state index in [0.717, 1.165) is 41.8 Å². The number of benzene rings is 1. The minimum atomic E-state index is -4.78. The van der Waals surface area contributed by atoms with Gasteiger partial charge in [0.25, 0.3) is 0 Å². The largest absolute Gasteiger partial charge is 0.573 e. The average molecular weight is 493 g/mol. The second-order valence-corrected chi connectivity index (χ2v) is 8.81. The molecule has 4 rings (SSSR count). The molecule has 1 unspecified atom stereocenters. The van der Waals surface area contributed by atoms with E-state index in [1.807, 2.05) is 13.1 Å². The van der Waals surface area contributed by atoms with Gasteiger partial charge in [-0.2, -0.15) is 0 Å². The lowest BCUT2D eigenvalue weighted by molar-refractivity contribution is -0.274. The van der Waals surface area contributed by atoms with Crippen molar-refractivity contribution in [2.75, 3.05) is 35.7 Å². The third-order valence-corrected chi connectivity index (χ3v) is 6.41. The number of anilines is 3. The van der Waals surface area contributed by atoms with Gasteiger partial charge in [0, 0.05) is 26.1 Å². The number of carbonyl (C=O) groups is 1. The predicted molar refractivity (Wildman–Crippen MR) is 123 cm³/mol. The number of rotatable bonds is 7. The molecule has 12 heteroatoms. The smallest absolute Gasteiger partial charge is 0.406 e. The number of piperidine rings is 1. The van der Waals surface area contributed by atoms with Gasteiger partial charge in [0.15, 0.2) is 0 Å². The van der Waals surface area contributed by atoms with Gasteiger partial charge in [-0.1, -0.05) is 23.5 Å². The number of amides is 1. The van der Waals surface area contributed by atoms with Crippen molar-refractivity contribution in [2.24, 2.45) is 0 Å². The van der Waals surface area contributed by atoms with Gasteiger partial charge < -0.3 is 20.3 Å². The number of carbonyl (C=O) groups excluding carboxylic acids is 1. The number of hydrogen-bond donors (Lipinski definition) is 2. The van der Waals surface area contributed by atoms with Crippen LogP contribution in [0.25, 0.3) is 0 Å². The first-order valence-electron chi connectivity index (χ1n) is 10.7. The quantitative estimate of drug-likeness (QED) is 0.504. The molecule has 1 aromatic carbocycles. The zero-order valence-electron chi connectivity index (χ0n) is 18.3. The summed E-state index contributed by atoms with van der Waals surface area (Å²) < 4.78 is 41.1. The SMILES string of the molecule is CNc1nnc(C2CCCN(c3ccc(NC(=O)Cc4cccc(OC(F)(F)F)c4)nc3)C2)s1. The molecule has 2 aromatic heterocycles. The number of pyridine rings is 1. The average Bonchev–Trinajstić information content (AvgIpc) is 3.28. The Balaban J connectivity index is 1.33. The molecule has 1 aliphatic heterocycles. The fourth-order valence-corrected chi connectivity index (χ4v) is 4.61. The maximum absolute atomic E-state index is 12.4. The van der Waals surface area contributed by atoms with Crippen molar-refractivity contribution >= 4 is 33.9 Å². The van der Waals surface area contributed by atoms with Gasteiger partial charge in [-0.05, 0) is 42.7 Å². The first-order valence-corrected chi connectivity index (χ1v) is 11.5. The van der Waals surface area contributed by atoms with E-state index in [0.29, 0.717) is 17.3 Å². The lowest BCUT2D eigenvalue weighted by Gasteiger charge is -2.33. The van der Waals surface area contributed by atoms with E-state index in [-0.39, 0.29) is 18.1 Å². The minimum Gasteiger partial charge on any atom is -0.406 e. The van der Waals surface area contributed by atoms with Crippen LogP contribution in [-0.2, 0) is 11.2 Å². The van der Waals surface area contributed by atoms with Crippen LogP contribution in [0.5, 0.6) is 5.75 Å². The zero-order valence-corrected chi connectivity index (χ0v) is 19.1. The maximum Gasteiger partial charge on any atom is 0.573 e. The van der Waals surface area contributed by atoms with Crippen LogP contribution >= 0.6 is 11.3 Å². The third kappa shape index (κ3) is 6.34. The summed E-state index contributed by atoms with van der Waals surface area (Å²) in [5.74, 6) is -0.0903. The topological polar surface area (TPSA) is 92.3 Å². The van der Waals surface area contributed by atoms with Crippen LogP contribution in [0.4, 0.5) is 29.8 Å². The fraction of sp³-hybridized carbons (Fsp3) is 0.364. The molecule has 0 radical (unpaired) electrons. The number of aromatic nitrogens is 3. The number of nitrogens with zero attached hydrogens (tertiary/aromatic N) is 4. The summed E-state index contributed by atoms with van der Waals surface area (Å²) in [6.45, 7) is 1.71. The Bertz CT molecular complexity index is 1120. The van der Waals surface area contributed by atoms with Gasteiger partial charge in [-0.25, -0.2) is 4.98 Å². The Morgan fingerprint density at radius 3 is 2.82 bits per heavy atom. The van der Waals surface area contributed by atoms with Gasteiger partial charge in [0.1, 0.15) is 16.6 Å². The summed E-state index contributed by atoms with van der Waals surface area (Å²) in [7, 11) is 1.82. The van der Waals surface area contributed by atoms with Gasteiger partial charge in [-0.3, -0.25) is 4.79 Å². The maximum atomic E-state index is 12.4. The van der Waals surface area contributed by atoms with E-state index in [9.17, 15) is 18.0 Å². The van der Waals surface area contributed by atoms with Crippen LogP contribution in [0.2, 0.25) is 0 Å². The third-order valence-electron chi connectivity index (χ3n) is 5.30. The van der Waals surface area contributed by atoms with Crippen LogP contribution in [0.3, 0.4) is 0 Å². The summed E-state index contributed by atoms with van der Waals surface area (Å²) in [6, 6.07) is 8.94. The minimum absolute atomic E-state index is 0.108. The van der Waals surface area contributed by atoms with Crippen LogP contribution in [0.15, 0.2) is 42.6 Å². The summed E-state index contributed by atoms with van der Waals surface area (Å²) in [6.07, 6.45) is -1.12. The number of nitrogens with one attached hydrogen (secondary N) is 2. The first kappa shape index (κ1) is 23.7. The molecule has 8 nitrogen and oxygen atoms in total. The van der Waals surface area contributed by atoms with Gasteiger partial charge >= 0.3 is 6.36 Å². The second-order valence-electron chi connectivity index (χ2n) is 7.80. The Morgan fingerprint density at radius 2 is 2.12 bits per heavy atom. The Kier molecular flexibility index (Phi) is 7.15. The van der Waals surface area contributed by atoms with Crippen molar-refractivity contribution in [3.8, 4) is 5.75 Å². The molecule has 0 spiro atoms. The van der Waals surface area contributed by atoms with E-state index in [1.54, 1.807) is 29.7 Å². The normalized spacial score (nSPS) is 16.2. The van der Waals surface area contributed by atoms with E-state index in [1.165, 1.54) is 18.2 Å². The molecule has 3 aromatic rings. The summed E-state index contributed by atoms with van der Waals surface area (Å²) in [5.41, 5.74) is 1.34. The van der Waals surface area contributed by atoms with Crippen LogP contribution in [0, 0.1) is 0 Å². The van der Waals surface area contributed by atoms with E-state index in [4.69, 9.17) is 0 Å². The standard InChI is InChI=1S/C22H23F3N6O2S/c1-26-21-30-29-20(34-21)15-5-3-9-31(13-15)16-7-8-18(27-12-16)28-19(32)11-14-4-2-6-17(10-14)33-22(23,24)25/h2,4,6-8,10,12,15H,3,5,9,11,13H2,1H3,(H,26,30)(H,27,28,32). The molecule has 180 valence electrons. The number of ether oxygens (including phenoxy) is 1. The monoisotopic (exact) mass is 492 g/mol. The Labute approximate surface area is 198 Å². The number of alkyl halides is 3. The van der Waals surface area contributed by atoms with Gasteiger partial charge in [-0.15, -0.1) is 23.4 Å². The number of halogens is 3. The highest BCUT2D eigenvalue weighted by molar-refractivity contribution is 7.15. The molecule has 1 saturated heterocycles. The highest BCUT2D eigenvalue weighted by atomic mass is 32.1. The number of hydrogen-bond acceptors (Lipinski definition) is 8. The Hall–Kier alpha value is -3.41. The fourth-order valence-electron chi connectivity index (χ4n) is 3.79. The Morgan fingerprint density at radius 1 is 1.26 bits per heavy atom. The molecule has 1 amide bonds. The molecular formula is C22H23F3N6O2S. The molecule has 0 saturated carbocycles. The lowest BCUT2D eigenvalue weighted by atomic mass is 9.98. The van der Waals surface area contributed by atoms with Crippen molar-refractivity contribution in [3.63, 3.8) is 0 Å². The molecule has 34 heavy (non-hydrogen) atoms. The van der Waals surface area contributed by atoms with Crippen molar-refractivity contribution in [3.05, 3.63) is 53.2 Å².